The van der Waals surface area contributed by atoms with Crippen LogP contribution in [-0.4, -0.2) is 66.8 Å². The molecule has 0 radical (unpaired) electrons. The zero-order valence-corrected chi connectivity index (χ0v) is 19.0. The van der Waals surface area contributed by atoms with E-state index < -0.39 is 9.84 Å². The number of nitrogens with one attached hydrogen (secondary N) is 1. The van der Waals surface area contributed by atoms with Crippen LogP contribution in [0.3, 0.4) is 0 Å². The van der Waals surface area contributed by atoms with Crippen LogP contribution in [0.15, 0.2) is 35.4 Å². The topological polar surface area (TPSA) is 86.4 Å². The molecule has 1 amide bonds. The van der Waals surface area contributed by atoms with Crippen molar-refractivity contribution in [1.82, 2.24) is 20.0 Å². The quantitative estimate of drug-likeness (QED) is 0.740. The number of carbonyl (C=O) groups is 1. The minimum absolute atomic E-state index is 0.0882. The Morgan fingerprint density at radius 1 is 1.13 bits per heavy atom. The largest absolute Gasteiger partial charge is 0.338 e. The first-order valence-corrected chi connectivity index (χ1v) is 13.1. The molecule has 8 heteroatoms. The van der Waals surface area contributed by atoms with Gasteiger partial charge in [-0.15, -0.1) is 0 Å². The Balaban J connectivity index is 1.45. The molecule has 3 heterocycles. The van der Waals surface area contributed by atoms with Crippen LogP contribution >= 0.6 is 0 Å². The number of rotatable bonds is 6. The van der Waals surface area contributed by atoms with E-state index in [1.165, 1.54) is 31.7 Å². The molecule has 2 aliphatic rings. The first kappa shape index (κ1) is 22.0. The van der Waals surface area contributed by atoms with E-state index in [9.17, 15) is 13.2 Å². The lowest BCUT2D eigenvalue weighted by molar-refractivity contribution is 0.0669. The number of carbonyl (C=O) groups excluding carboxylic acids is 1. The second-order valence-electron chi connectivity index (χ2n) is 8.94. The number of aromatic nitrogens is 2. The Bertz CT molecular complexity index is 1010. The van der Waals surface area contributed by atoms with Gasteiger partial charge in [-0.3, -0.25) is 14.8 Å². The maximum Gasteiger partial charge on any atom is 0.254 e. The third-order valence-corrected chi connectivity index (χ3v) is 7.62. The van der Waals surface area contributed by atoms with E-state index >= 15 is 0 Å². The van der Waals surface area contributed by atoms with Gasteiger partial charge in [0.1, 0.15) is 4.90 Å². The van der Waals surface area contributed by atoms with E-state index in [0.717, 1.165) is 50.1 Å². The van der Waals surface area contributed by atoms with Crippen molar-refractivity contribution in [2.75, 3.05) is 32.4 Å². The summed E-state index contributed by atoms with van der Waals surface area (Å²) >= 11 is 0. The van der Waals surface area contributed by atoms with Crippen LogP contribution in [0.1, 0.15) is 53.7 Å². The van der Waals surface area contributed by atoms with Gasteiger partial charge in [-0.25, -0.2) is 8.42 Å². The zero-order valence-electron chi connectivity index (χ0n) is 18.2. The van der Waals surface area contributed by atoms with Crippen molar-refractivity contribution in [2.45, 2.75) is 50.0 Å². The molecule has 168 valence electrons. The van der Waals surface area contributed by atoms with Gasteiger partial charge in [0, 0.05) is 31.5 Å². The lowest BCUT2D eigenvalue weighted by Gasteiger charge is -2.34. The fourth-order valence-corrected chi connectivity index (χ4v) is 5.69. The maximum absolute atomic E-state index is 13.4. The molecule has 31 heavy (non-hydrogen) atoms. The van der Waals surface area contributed by atoms with Crippen molar-refractivity contribution in [3.8, 4) is 0 Å². The Morgan fingerprint density at radius 3 is 2.68 bits per heavy atom. The first-order valence-electron chi connectivity index (χ1n) is 11.2. The Morgan fingerprint density at radius 2 is 1.90 bits per heavy atom. The normalized spacial score (nSPS) is 20.7. The standard InChI is InChI=1S/C23H32N4O3S/c1-31(29,30)22-15-24-25-21(22)14-18-8-7-13-27(16-18)23(28)20-10-4-3-9-19(20)17-26-11-5-2-6-12-26/h3-4,9-10,15,18H,2,5-8,11-14,16-17H2,1H3,(H,24,25). The van der Waals surface area contributed by atoms with E-state index in [1.54, 1.807) is 0 Å². The van der Waals surface area contributed by atoms with Crippen LogP contribution in [0, 0.1) is 5.92 Å². The van der Waals surface area contributed by atoms with Gasteiger partial charge < -0.3 is 4.90 Å². The summed E-state index contributed by atoms with van der Waals surface area (Å²) in [5.41, 5.74) is 2.55. The summed E-state index contributed by atoms with van der Waals surface area (Å²) in [7, 11) is -3.31. The molecule has 0 spiro atoms. The van der Waals surface area contributed by atoms with E-state index in [0.29, 0.717) is 18.7 Å². The molecule has 1 aromatic carbocycles. The lowest BCUT2D eigenvalue weighted by Crippen LogP contribution is -2.41. The molecule has 2 saturated heterocycles. The van der Waals surface area contributed by atoms with Gasteiger partial charge in [0.25, 0.3) is 5.91 Å². The number of hydrogen-bond donors (Lipinski definition) is 1. The molecular formula is C23H32N4O3S. The third kappa shape index (κ3) is 5.36. The number of piperidine rings is 2. The van der Waals surface area contributed by atoms with E-state index in [1.807, 2.05) is 23.1 Å². The summed E-state index contributed by atoms with van der Waals surface area (Å²) in [6, 6.07) is 7.98. The van der Waals surface area contributed by atoms with Crippen LogP contribution in [0.2, 0.25) is 0 Å². The molecule has 2 aliphatic heterocycles. The number of hydrogen-bond acceptors (Lipinski definition) is 5. The highest BCUT2D eigenvalue weighted by Gasteiger charge is 2.28. The summed E-state index contributed by atoms with van der Waals surface area (Å²) in [6.45, 7) is 4.40. The molecule has 1 unspecified atom stereocenters. The number of H-pyrrole nitrogens is 1. The molecule has 1 aromatic heterocycles. The predicted molar refractivity (Wildman–Crippen MR) is 120 cm³/mol. The molecule has 0 saturated carbocycles. The molecule has 2 fully saturated rings. The van der Waals surface area contributed by atoms with Crippen molar-refractivity contribution in [2.24, 2.45) is 5.92 Å². The first-order chi connectivity index (χ1) is 14.9. The smallest absolute Gasteiger partial charge is 0.254 e. The van der Waals surface area contributed by atoms with E-state index in [2.05, 4.69) is 21.2 Å². The van der Waals surface area contributed by atoms with Crippen molar-refractivity contribution in [3.05, 3.63) is 47.3 Å². The summed E-state index contributed by atoms with van der Waals surface area (Å²) < 4.78 is 24.0. The summed E-state index contributed by atoms with van der Waals surface area (Å²) in [6.07, 6.45) is 8.82. The highest BCUT2D eigenvalue weighted by molar-refractivity contribution is 7.90. The van der Waals surface area contributed by atoms with Gasteiger partial charge in [-0.1, -0.05) is 24.6 Å². The molecule has 0 bridgehead atoms. The van der Waals surface area contributed by atoms with Gasteiger partial charge >= 0.3 is 0 Å². The van der Waals surface area contributed by atoms with Crippen molar-refractivity contribution < 1.29 is 13.2 Å². The molecule has 1 N–H and O–H groups in total. The number of amides is 1. The highest BCUT2D eigenvalue weighted by Crippen LogP contribution is 2.25. The second-order valence-corrected chi connectivity index (χ2v) is 10.9. The number of sulfone groups is 1. The van der Waals surface area contributed by atoms with E-state index in [-0.39, 0.29) is 16.7 Å². The number of nitrogens with zero attached hydrogens (tertiary/aromatic N) is 3. The van der Waals surface area contributed by atoms with Crippen LogP contribution in [0.4, 0.5) is 0 Å². The third-order valence-electron chi connectivity index (χ3n) is 6.47. The SMILES string of the molecule is CS(=O)(=O)c1cn[nH]c1CC1CCCN(C(=O)c2ccccc2CN2CCCCC2)C1. The monoisotopic (exact) mass is 444 g/mol. The number of likely N-dealkylation sites (tertiary alicyclic amines) is 2. The number of aromatic amines is 1. The van der Waals surface area contributed by atoms with Gasteiger partial charge in [0.15, 0.2) is 9.84 Å². The molecule has 0 aliphatic carbocycles. The van der Waals surface area contributed by atoms with Gasteiger partial charge in [-0.2, -0.15) is 5.10 Å². The van der Waals surface area contributed by atoms with Crippen molar-refractivity contribution >= 4 is 15.7 Å². The second kappa shape index (κ2) is 9.53. The summed E-state index contributed by atoms with van der Waals surface area (Å²) in [5, 5.41) is 6.79. The molecule has 7 nitrogen and oxygen atoms in total. The average molecular weight is 445 g/mol. The summed E-state index contributed by atoms with van der Waals surface area (Å²) in [5.74, 6) is 0.304. The lowest BCUT2D eigenvalue weighted by atomic mass is 9.92. The highest BCUT2D eigenvalue weighted by atomic mass is 32.2. The van der Waals surface area contributed by atoms with Gasteiger partial charge in [0.05, 0.1) is 11.9 Å². The average Bonchev–Trinajstić information content (AvgIpc) is 3.23. The van der Waals surface area contributed by atoms with Crippen LogP contribution in [0.25, 0.3) is 0 Å². The number of benzene rings is 1. The Hall–Kier alpha value is -2.19. The summed E-state index contributed by atoms with van der Waals surface area (Å²) in [4.78, 5) is 18.1. The van der Waals surface area contributed by atoms with Gasteiger partial charge in [0.2, 0.25) is 0 Å². The van der Waals surface area contributed by atoms with Crippen molar-refractivity contribution in [1.29, 1.82) is 0 Å². The van der Waals surface area contributed by atoms with Crippen LogP contribution in [-0.2, 0) is 22.8 Å². The van der Waals surface area contributed by atoms with E-state index in [4.69, 9.17) is 0 Å². The molecular weight excluding hydrogens is 412 g/mol. The molecule has 4 rings (SSSR count). The Labute approximate surface area is 184 Å². The maximum atomic E-state index is 13.4. The fraction of sp³-hybridized carbons (Fsp3) is 0.565. The minimum Gasteiger partial charge on any atom is -0.338 e. The molecule has 2 aromatic rings. The Kier molecular flexibility index (Phi) is 6.77. The predicted octanol–water partition coefficient (Wildman–Crippen LogP) is 2.89. The fourth-order valence-electron chi connectivity index (χ4n) is 4.87. The minimum atomic E-state index is -3.31. The molecule has 1 atom stereocenters. The van der Waals surface area contributed by atoms with Gasteiger partial charge in [-0.05, 0) is 62.7 Å². The van der Waals surface area contributed by atoms with Crippen LogP contribution < -0.4 is 0 Å². The van der Waals surface area contributed by atoms with Crippen molar-refractivity contribution in [3.63, 3.8) is 0 Å². The van der Waals surface area contributed by atoms with Crippen LogP contribution in [0.5, 0.6) is 0 Å². The zero-order chi connectivity index (χ0) is 21.8.